The van der Waals surface area contributed by atoms with Gasteiger partial charge < -0.3 is 19.7 Å². The fraction of sp³-hybridized carbons (Fsp3) is 0.524. The molecule has 1 aromatic rings. The number of carbonyl (C=O) groups excluding carboxylic acids is 4. The molecule has 2 saturated heterocycles. The third kappa shape index (κ3) is 4.83. The summed E-state index contributed by atoms with van der Waals surface area (Å²) >= 11 is 0.978. The summed E-state index contributed by atoms with van der Waals surface area (Å²) in [6.45, 7) is 4.49. The van der Waals surface area contributed by atoms with Crippen LogP contribution in [0.3, 0.4) is 0 Å². The van der Waals surface area contributed by atoms with Crippen molar-refractivity contribution in [2.45, 2.75) is 19.1 Å². The zero-order chi connectivity index (χ0) is 22.7. The normalized spacial score (nSPS) is 22.1. The molecule has 0 saturated carbocycles. The Morgan fingerprint density at radius 1 is 1.16 bits per heavy atom. The number of benzene rings is 1. The van der Waals surface area contributed by atoms with Gasteiger partial charge in [0.05, 0.1) is 11.8 Å². The minimum absolute atomic E-state index is 0.117. The molecule has 2 fully saturated rings. The molecule has 0 unspecified atom stereocenters. The smallest absolute Gasteiger partial charge is 0.288 e. The van der Waals surface area contributed by atoms with Gasteiger partial charge in [0.15, 0.2) is 11.5 Å². The van der Waals surface area contributed by atoms with Gasteiger partial charge in [-0.25, -0.2) is 0 Å². The van der Waals surface area contributed by atoms with Crippen molar-refractivity contribution < 1.29 is 28.7 Å². The first-order valence-electron chi connectivity index (χ1n) is 10.6. The van der Waals surface area contributed by atoms with Gasteiger partial charge in [-0.1, -0.05) is 23.9 Å². The summed E-state index contributed by atoms with van der Waals surface area (Å²) in [5.74, 6) is 0.858. The molecule has 11 heteroatoms. The first kappa shape index (κ1) is 22.4. The zero-order valence-corrected chi connectivity index (χ0v) is 18.6. The maximum atomic E-state index is 12.9. The molecule has 32 heavy (non-hydrogen) atoms. The maximum absolute atomic E-state index is 12.9. The van der Waals surface area contributed by atoms with Gasteiger partial charge in [0.2, 0.25) is 17.9 Å². The summed E-state index contributed by atoms with van der Waals surface area (Å²) < 4.78 is 11.5. The van der Waals surface area contributed by atoms with Crippen molar-refractivity contribution in [3.05, 3.63) is 24.3 Å². The molecule has 0 aliphatic carbocycles. The summed E-state index contributed by atoms with van der Waals surface area (Å²) in [5, 5.41) is 2.52. The highest BCUT2D eigenvalue weighted by Gasteiger charge is 2.34. The van der Waals surface area contributed by atoms with E-state index in [0.717, 1.165) is 16.7 Å². The lowest BCUT2D eigenvalue weighted by molar-refractivity contribution is -0.143. The maximum Gasteiger partial charge on any atom is 0.288 e. The van der Waals surface area contributed by atoms with E-state index < -0.39 is 6.10 Å². The van der Waals surface area contributed by atoms with Gasteiger partial charge in [-0.3, -0.25) is 29.0 Å². The van der Waals surface area contributed by atoms with Crippen LogP contribution in [-0.2, 0) is 14.4 Å². The van der Waals surface area contributed by atoms with Crippen LogP contribution in [0.15, 0.2) is 24.3 Å². The molecule has 3 aliphatic rings. The molecule has 0 radical (unpaired) electrons. The molecule has 0 spiro atoms. The van der Waals surface area contributed by atoms with E-state index in [-0.39, 0.29) is 54.5 Å². The Labute approximate surface area is 190 Å². The molecule has 1 N–H and O–H groups in total. The zero-order valence-electron chi connectivity index (χ0n) is 17.8. The quantitative estimate of drug-likeness (QED) is 0.638. The van der Waals surface area contributed by atoms with Crippen molar-refractivity contribution in [2.24, 2.45) is 0 Å². The topological polar surface area (TPSA) is 108 Å². The van der Waals surface area contributed by atoms with Gasteiger partial charge in [0.1, 0.15) is 6.61 Å². The predicted molar refractivity (Wildman–Crippen MR) is 117 cm³/mol. The Morgan fingerprint density at radius 2 is 1.88 bits per heavy atom. The number of piperazine rings is 1. The number of thioether (sulfide) groups is 1. The lowest BCUT2D eigenvalue weighted by Crippen LogP contribution is -2.57. The molecule has 4 rings (SSSR count). The molecule has 3 aliphatic heterocycles. The van der Waals surface area contributed by atoms with Crippen molar-refractivity contribution in [3.8, 4) is 11.5 Å². The Balaban J connectivity index is 1.21. The highest BCUT2D eigenvalue weighted by molar-refractivity contribution is 8.14. The Bertz CT molecular complexity index is 888. The molecule has 10 nitrogen and oxygen atoms in total. The van der Waals surface area contributed by atoms with Crippen molar-refractivity contribution in [1.82, 2.24) is 20.0 Å². The van der Waals surface area contributed by atoms with Gasteiger partial charge in [0.25, 0.3) is 11.1 Å². The summed E-state index contributed by atoms with van der Waals surface area (Å²) in [6, 6.07) is 6.89. The number of hydrogen-bond acceptors (Lipinski definition) is 8. The number of nitrogens with zero attached hydrogens (tertiary/aromatic N) is 3. The average molecular weight is 463 g/mol. The third-order valence-corrected chi connectivity index (χ3v) is 6.67. The SMILES string of the molecule is C[C@@H](C(=O)NCCN1C(=O)CSC1=O)N1CCN(C(=O)[C@@H]2COc3ccccc3O2)CC1. The van der Waals surface area contributed by atoms with Crippen molar-refractivity contribution in [2.75, 3.05) is 51.6 Å². The van der Waals surface area contributed by atoms with Gasteiger partial charge >= 0.3 is 0 Å². The van der Waals surface area contributed by atoms with E-state index in [9.17, 15) is 19.2 Å². The largest absolute Gasteiger partial charge is 0.485 e. The second-order valence-corrected chi connectivity index (χ2v) is 8.72. The van der Waals surface area contributed by atoms with E-state index in [2.05, 4.69) is 5.32 Å². The number of fused-ring (bicyclic) bond motifs is 1. The fourth-order valence-electron chi connectivity index (χ4n) is 3.88. The highest BCUT2D eigenvalue weighted by Crippen LogP contribution is 2.31. The van der Waals surface area contributed by atoms with Crippen LogP contribution >= 0.6 is 11.8 Å². The van der Waals surface area contributed by atoms with Crippen LogP contribution in [0.5, 0.6) is 11.5 Å². The molecular weight excluding hydrogens is 436 g/mol. The summed E-state index contributed by atoms with van der Waals surface area (Å²) in [4.78, 5) is 53.5. The molecule has 2 atom stereocenters. The summed E-state index contributed by atoms with van der Waals surface area (Å²) in [7, 11) is 0. The van der Waals surface area contributed by atoms with Gasteiger partial charge in [-0.15, -0.1) is 0 Å². The van der Waals surface area contributed by atoms with Crippen LogP contribution in [-0.4, -0.2) is 101 Å². The standard InChI is InChI=1S/C21H26N4O6S/c1-14(19(27)22-6-7-25-18(26)13-32-21(25)29)23-8-10-24(11-9-23)20(28)17-12-30-15-4-2-3-5-16(15)31-17/h2-5,14,17H,6-13H2,1H3,(H,22,27)/t14-,17-/m0/s1. The van der Waals surface area contributed by atoms with Gasteiger partial charge in [-0.2, -0.15) is 0 Å². The third-order valence-electron chi connectivity index (χ3n) is 5.81. The van der Waals surface area contributed by atoms with E-state index in [1.54, 1.807) is 17.0 Å². The highest BCUT2D eigenvalue weighted by atomic mass is 32.2. The number of amides is 4. The monoisotopic (exact) mass is 462 g/mol. The number of para-hydroxylation sites is 2. The number of carbonyl (C=O) groups is 4. The van der Waals surface area contributed by atoms with Crippen LogP contribution < -0.4 is 14.8 Å². The second kappa shape index (κ2) is 9.78. The van der Waals surface area contributed by atoms with Crippen LogP contribution in [0.4, 0.5) is 4.79 Å². The predicted octanol–water partition coefficient (Wildman–Crippen LogP) is 0.171. The lowest BCUT2D eigenvalue weighted by Gasteiger charge is -2.39. The Morgan fingerprint density at radius 3 is 2.56 bits per heavy atom. The molecule has 1 aromatic carbocycles. The van der Waals surface area contributed by atoms with E-state index in [0.29, 0.717) is 37.7 Å². The molecule has 0 bridgehead atoms. The van der Waals surface area contributed by atoms with Crippen molar-refractivity contribution >= 4 is 34.7 Å². The van der Waals surface area contributed by atoms with Crippen molar-refractivity contribution in [1.29, 1.82) is 0 Å². The first-order chi connectivity index (χ1) is 15.4. The average Bonchev–Trinajstić information content (AvgIpc) is 3.15. The summed E-state index contributed by atoms with van der Waals surface area (Å²) in [5.41, 5.74) is 0. The molecular formula is C21H26N4O6S. The van der Waals surface area contributed by atoms with E-state index in [1.807, 2.05) is 24.0 Å². The minimum Gasteiger partial charge on any atom is -0.485 e. The lowest BCUT2D eigenvalue weighted by atomic mass is 10.2. The molecule has 0 aromatic heterocycles. The van der Waals surface area contributed by atoms with Gasteiger partial charge in [0, 0.05) is 39.3 Å². The van der Waals surface area contributed by atoms with E-state index in [1.165, 1.54) is 0 Å². The minimum atomic E-state index is -0.675. The Kier molecular flexibility index (Phi) is 6.85. The summed E-state index contributed by atoms with van der Waals surface area (Å²) in [6.07, 6.45) is -0.675. The van der Waals surface area contributed by atoms with Crippen LogP contribution in [0.2, 0.25) is 0 Å². The number of rotatable bonds is 6. The van der Waals surface area contributed by atoms with Crippen molar-refractivity contribution in [3.63, 3.8) is 0 Å². The first-order valence-corrected chi connectivity index (χ1v) is 11.6. The molecule has 4 amide bonds. The number of nitrogens with one attached hydrogen (secondary N) is 1. The van der Waals surface area contributed by atoms with E-state index in [4.69, 9.17) is 9.47 Å². The molecule has 3 heterocycles. The fourth-order valence-corrected chi connectivity index (χ4v) is 4.63. The number of hydrogen-bond donors (Lipinski definition) is 1. The van der Waals surface area contributed by atoms with Gasteiger partial charge in [-0.05, 0) is 19.1 Å². The second-order valence-electron chi connectivity index (χ2n) is 7.79. The number of imide groups is 1. The number of ether oxygens (including phenoxy) is 2. The van der Waals surface area contributed by atoms with E-state index >= 15 is 0 Å². The molecule has 172 valence electrons. The Hall–Kier alpha value is -2.79. The van der Waals surface area contributed by atoms with Crippen LogP contribution in [0.1, 0.15) is 6.92 Å². The van der Waals surface area contributed by atoms with Crippen LogP contribution in [0, 0.1) is 0 Å². The van der Waals surface area contributed by atoms with Crippen LogP contribution in [0.25, 0.3) is 0 Å².